The fourth-order valence-corrected chi connectivity index (χ4v) is 3.08. The SMILES string of the molecule is COC(=O)/C=C(/Nc1cc(S(=O)(=O)Oc2ccccc2)ccc1C)C(=O)OC. The minimum Gasteiger partial charge on any atom is -0.466 e. The highest BCUT2D eigenvalue weighted by Gasteiger charge is 2.20. The van der Waals surface area contributed by atoms with E-state index in [1.165, 1.54) is 30.3 Å². The predicted octanol–water partition coefficient (Wildman–Crippen LogP) is 2.40. The molecular weight excluding hydrogens is 386 g/mol. The maximum Gasteiger partial charge on any atom is 0.354 e. The summed E-state index contributed by atoms with van der Waals surface area (Å²) in [5, 5.41) is 2.71. The first-order valence-electron chi connectivity index (χ1n) is 8.02. The van der Waals surface area contributed by atoms with Crippen LogP contribution in [-0.4, -0.2) is 34.6 Å². The zero-order valence-corrected chi connectivity index (χ0v) is 16.3. The number of ether oxygens (including phenoxy) is 2. The lowest BCUT2D eigenvalue weighted by molar-refractivity contribution is -0.138. The predicted molar refractivity (Wildman–Crippen MR) is 101 cm³/mol. The first kappa shape index (κ1) is 21.0. The number of methoxy groups -OCH3 is 2. The second-order valence-electron chi connectivity index (χ2n) is 5.52. The zero-order chi connectivity index (χ0) is 20.7. The number of carbonyl (C=O) groups is 2. The number of anilines is 1. The number of hydrogen-bond donors (Lipinski definition) is 1. The number of nitrogens with one attached hydrogen (secondary N) is 1. The van der Waals surface area contributed by atoms with Crippen molar-refractivity contribution in [1.82, 2.24) is 0 Å². The van der Waals surface area contributed by atoms with Gasteiger partial charge in [-0.15, -0.1) is 0 Å². The first-order chi connectivity index (χ1) is 13.3. The Balaban J connectivity index is 2.37. The van der Waals surface area contributed by atoms with Crippen LogP contribution in [0.5, 0.6) is 5.75 Å². The lowest BCUT2D eigenvalue weighted by atomic mass is 10.2. The Labute approximate surface area is 162 Å². The number of esters is 2. The van der Waals surface area contributed by atoms with Gasteiger partial charge in [-0.05, 0) is 36.8 Å². The molecule has 1 N–H and O–H groups in total. The number of aryl methyl sites for hydroxylation is 1. The quantitative estimate of drug-likeness (QED) is 0.425. The van der Waals surface area contributed by atoms with Gasteiger partial charge in [-0.3, -0.25) is 0 Å². The van der Waals surface area contributed by atoms with Gasteiger partial charge in [0.1, 0.15) is 16.3 Å². The molecule has 2 aromatic rings. The monoisotopic (exact) mass is 405 g/mol. The van der Waals surface area contributed by atoms with E-state index in [1.807, 2.05) is 0 Å². The molecule has 8 nitrogen and oxygen atoms in total. The Morgan fingerprint density at radius 2 is 1.68 bits per heavy atom. The summed E-state index contributed by atoms with van der Waals surface area (Å²) < 4.78 is 39.3. The summed E-state index contributed by atoms with van der Waals surface area (Å²) in [4.78, 5) is 23.3. The molecule has 0 atom stereocenters. The van der Waals surface area contributed by atoms with Crippen molar-refractivity contribution in [3.05, 3.63) is 65.9 Å². The molecule has 2 aromatic carbocycles. The second-order valence-corrected chi connectivity index (χ2v) is 7.07. The fraction of sp³-hybridized carbons (Fsp3) is 0.158. The van der Waals surface area contributed by atoms with Crippen molar-refractivity contribution in [1.29, 1.82) is 0 Å². The van der Waals surface area contributed by atoms with Gasteiger partial charge in [0, 0.05) is 5.69 Å². The van der Waals surface area contributed by atoms with Crippen molar-refractivity contribution in [2.75, 3.05) is 19.5 Å². The molecule has 0 bridgehead atoms. The minimum absolute atomic E-state index is 0.133. The third kappa shape index (κ3) is 5.34. The molecule has 0 amide bonds. The van der Waals surface area contributed by atoms with Crippen LogP contribution >= 0.6 is 0 Å². The van der Waals surface area contributed by atoms with E-state index in [0.29, 0.717) is 5.56 Å². The van der Waals surface area contributed by atoms with Gasteiger partial charge in [0.25, 0.3) is 0 Å². The van der Waals surface area contributed by atoms with Crippen LogP contribution in [-0.2, 0) is 29.2 Å². The molecular formula is C19H19NO7S. The lowest BCUT2D eigenvalue weighted by Crippen LogP contribution is -2.16. The van der Waals surface area contributed by atoms with Crippen molar-refractivity contribution in [2.45, 2.75) is 11.8 Å². The van der Waals surface area contributed by atoms with E-state index in [4.69, 9.17) is 4.18 Å². The van der Waals surface area contributed by atoms with E-state index < -0.39 is 22.1 Å². The van der Waals surface area contributed by atoms with Crippen molar-refractivity contribution in [2.24, 2.45) is 0 Å². The van der Waals surface area contributed by atoms with Crippen LogP contribution in [0.15, 0.2) is 65.2 Å². The van der Waals surface area contributed by atoms with Gasteiger partial charge in [0.05, 0.1) is 20.3 Å². The van der Waals surface area contributed by atoms with E-state index in [9.17, 15) is 18.0 Å². The smallest absolute Gasteiger partial charge is 0.354 e. The summed E-state index contributed by atoms with van der Waals surface area (Å²) in [6.07, 6.45) is 0.910. The summed E-state index contributed by atoms with van der Waals surface area (Å²) in [6.45, 7) is 1.70. The van der Waals surface area contributed by atoms with Crippen LogP contribution in [0.2, 0.25) is 0 Å². The Kier molecular flexibility index (Phi) is 6.78. The van der Waals surface area contributed by atoms with E-state index in [-0.39, 0.29) is 22.0 Å². The van der Waals surface area contributed by atoms with Crippen molar-refractivity contribution in [3.8, 4) is 5.75 Å². The number of para-hydroxylation sites is 1. The maximum absolute atomic E-state index is 12.5. The molecule has 9 heteroatoms. The molecule has 2 rings (SSSR count). The number of rotatable bonds is 7. The summed E-state index contributed by atoms with van der Waals surface area (Å²) >= 11 is 0. The highest BCUT2D eigenvalue weighted by atomic mass is 32.2. The van der Waals surface area contributed by atoms with Crippen LogP contribution in [0, 0.1) is 6.92 Å². The van der Waals surface area contributed by atoms with Gasteiger partial charge in [-0.2, -0.15) is 8.42 Å². The van der Waals surface area contributed by atoms with Crippen molar-refractivity contribution in [3.63, 3.8) is 0 Å². The molecule has 0 unspecified atom stereocenters. The van der Waals surface area contributed by atoms with Crippen molar-refractivity contribution < 1.29 is 31.7 Å². The molecule has 28 heavy (non-hydrogen) atoms. The highest BCUT2D eigenvalue weighted by molar-refractivity contribution is 7.87. The van der Waals surface area contributed by atoms with Crippen LogP contribution in [0.25, 0.3) is 0 Å². The average molecular weight is 405 g/mol. The summed E-state index contributed by atoms with van der Waals surface area (Å²) in [5.74, 6) is -1.43. The van der Waals surface area contributed by atoms with Gasteiger partial charge < -0.3 is 19.0 Å². The number of benzene rings is 2. The Morgan fingerprint density at radius 1 is 1.00 bits per heavy atom. The highest BCUT2D eigenvalue weighted by Crippen LogP contribution is 2.24. The van der Waals surface area contributed by atoms with Gasteiger partial charge >= 0.3 is 22.1 Å². The van der Waals surface area contributed by atoms with Gasteiger partial charge in [-0.25, -0.2) is 9.59 Å². The topological polar surface area (TPSA) is 108 Å². The Bertz CT molecular complexity index is 998. The molecule has 0 saturated heterocycles. The van der Waals surface area contributed by atoms with E-state index >= 15 is 0 Å². The Hall–Kier alpha value is -3.33. The maximum atomic E-state index is 12.5. The fourth-order valence-electron chi connectivity index (χ4n) is 2.12. The molecule has 0 aromatic heterocycles. The third-order valence-corrected chi connectivity index (χ3v) is 4.83. The van der Waals surface area contributed by atoms with E-state index in [2.05, 4.69) is 14.8 Å². The second kappa shape index (κ2) is 9.05. The summed E-state index contributed by atoms with van der Waals surface area (Å²) in [6, 6.07) is 12.3. The molecule has 0 fully saturated rings. The van der Waals surface area contributed by atoms with Crippen LogP contribution < -0.4 is 9.50 Å². The standard InChI is InChI=1S/C19H19NO7S/c1-13-9-10-15(28(23,24)27-14-7-5-4-6-8-14)11-16(13)20-17(19(22)26-3)12-18(21)25-2/h4-12,20H,1-3H3/b17-12+. The normalized spacial score (nSPS) is 11.5. The van der Waals surface area contributed by atoms with E-state index in [1.54, 1.807) is 25.1 Å². The largest absolute Gasteiger partial charge is 0.466 e. The first-order valence-corrected chi connectivity index (χ1v) is 9.43. The lowest BCUT2D eigenvalue weighted by Gasteiger charge is -2.13. The van der Waals surface area contributed by atoms with Gasteiger partial charge in [0.15, 0.2) is 0 Å². The van der Waals surface area contributed by atoms with Gasteiger partial charge in [0.2, 0.25) is 0 Å². The molecule has 148 valence electrons. The number of hydrogen-bond acceptors (Lipinski definition) is 8. The molecule has 0 aliphatic rings. The molecule has 0 spiro atoms. The Morgan fingerprint density at radius 3 is 2.29 bits per heavy atom. The van der Waals surface area contributed by atoms with Crippen molar-refractivity contribution >= 4 is 27.7 Å². The van der Waals surface area contributed by atoms with Crippen LogP contribution in [0.3, 0.4) is 0 Å². The summed E-state index contributed by atoms with van der Waals surface area (Å²) in [7, 11) is -1.80. The zero-order valence-electron chi connectivity index (χ0n) is 15.5. The van der Waals surface area contributed by atoms with Crippen LogP contribution in [0.4, 0.5) is 5.69 Å². The molecule has 0 radical (unpaired) electrons. The van der Waals surface area contributed by atoms with Crippen LogP contribution in [0.1, 0.15) is 5.56 Å². The molecule has 0 aliphatic carbocycles. The molecule has 0 heterocycles. The minimum atomic E-state index is -4.11. The number of carbonyl (C=O) groups excluding carboxylic acids is 2. The third-order valence-electron chi connectivity index (χ3n) is 3.58. The summed E-state index contributed by atoms with van der Waals surface area (Å²) in [5.41, 5.74) is 0.688. The molecule has 0 aliphatic heterocycles. The average Bonchev–Trinajstić information content (AvgIpc) is 2.68. The molecule has 0 saturated carbocycles. The van der Waals surface area contributed by atoms with Gasteiger partial charge in [-0.1, -0.05) is 24.3 Å². The van der Waals surface area contributed by atoms with E-state index in [0.717, 1.165) is 20.3 Å².